The van der Waals surface area contributed by atoms with Crippen LogP contribution in [-0.4, -0.2) is 18.1 Å². The van der Waals surface area contributed by atoms with Crippen LogP contribution in [0.3, 0.4) is 0 Å². The lowest BCUT2D eigenvalue weighted by Gasteiger charge is -2.12. The van der Waals surface area contributed by atoms with E-state index in [0.29, 0.717) is 12.5 Å². The molecule has 27 heavy (non-hydrogen) atoms. The average molecular weight is 365 g/mol. The van der Waals surface area contributed by atoms with E-state index in [1.54, 1.807) is 0 Å². The maximum atomic E-state index is 5.91. The molecule has 1 unspecified atom stereocenters. The molecular formula is C24H32N2O. The molecule has 0 radical (unpaired) electrons. The normalized spacial score (nSPS) is 12.4. The number of aromatic amines is 1. The zero-order chi connectivity index (χ0) is 19.2. The summed E-state index contributed by atoms with van der Waals surface area (Å²) in [6.45, 7) is 7.98. The van der Waals surface area contributed by atoms with E-state index in [9.17, 15) is 0 Å². The summed E-state index contributed by atoms with van der Waals surface area (Å²) in [7, 11) is 0. The van der Waals surface area contributed by atoms with Crippen molar-refractivity contribution in [1.29, 1.82) is 0 Å². The number of ether oxygens (including phenoxy) is 1. The van der Waals surface area contributed by atoms with Gasteiger partial charge in [-0.3, -0.25) is 0 Å². The van der Waals surface area contributed by atoms with Gasteiger partial charge in [-0.15, -0.1) is 0 Å². The smallest absolute Gasteiger partial charge is 0.128 e. The van der Waals surface area contributed by atoms with Crippen LogP contribution in [0.1, 0.15) is 57.1 Å². The molecule has 0 aliphatic carbocycles. The molecule has 0 aliphatic rings. The summed E-state index contributed by atoms with van der Waals surface area (Å²) in [6, 6.07) is 15.2. The summed E-state index contributed by atoms with van der Waals surface area (Å²) in [4.78, 5) is 3.68. The predicted molar refractivity (Wildman–Crippen MR) is 116 cm³/mol. The molecule has 0 saturated carbocycles. The largest absolute Gasteiger partial charge is 0.493 e. The average Bonchev–Trinajstić information content (AvgIpc) is 3.06. The summed E-state index contributed by atoms with van der Waals surface area (Å²) in [5.74, 6) is 1.51. The third-order valence-corrected chi connectivity index (χ3v) is 5.45. The van der Waals surface area contributed by atoms with E-state index in [0.717, 1.165) is 43.5 Å². The number of hydrogen-bond acceptors (Lipinski definition) is 2. The molecule has 2 aromatic carbocycles. The van der Waals surface area contributed by atoms with Gasteiger partial charge in [-0.1, -0.05) is 32.0 Å². The third kappa shape index (κ3) is 4.19. The second kappa shape index (κ2) is 9.09. The van der Waals surface area contributed by atoms with Gasteiger partial charge in [0.15, 0.2) is 0 Å². The van der Waals surface area contributed by atoms with E-state index in [-0.39, 0.29) is 0 Å². The van der Waals surface area contributed by atoms with E-state index >= 15 is 0 Å². The van der Waals surface area contributed by atoms with Gasteiger partial charge in [0.05, 0.1) is 12.3 Å². The van der Waals surface area contributed by atoms with Gasteiger partial charge >= 0.3 is 0 Å². The number of fused-ring (bicyclic) bond motifs is 1. The first-order valence-electron chi connectivity index (χ1n) is 10.3. The van der Waals surface area contributed by atoms with Gasteiger partial charge in [0.2, 0.25) is 0 Å². The van der Waals surface area contributed by atoms with Crippen LogP contribution in [-0.2, 0) is 6.42 Å². The summed E-state index contributed by atoms with van der Waals surface area (Å²) in [5, 5.41) is 1.34. The quantitative estimate of drug-likeness (QED) is 0.456. The van der Waals surface area contributed by atoms with Gasteiger partial charge in [-0.2, -0.15) is 0 Å². The highest BCUT2D eigenvalue weighted by Gasteiger charge is 2.17. The molecule has 3 aromatic rings. The number of nitrogens with two attached hydrogens (primary N) is 1. The molecule has 0 fully saturated rings. The van der Waals surface area contributed by atoms with Crippen molar-refractivity contribution >= 4 is 10.9 Å². The first-order chi connectivity index (χ1) is 13.2. The second-order valence-electron chi connectivity index (χ2n) is 7.27. The van der Waals surface area contributed by atoms with Crippen molar-refractivity contribution in [3.05, 3.63) is 53.6 Å². The van der Waals surface area contributed by atoms with Crippen LogP contribution in [0.5, 0.6) is 5.75 Å². The lowest BCUT2D eigenvalue weighted by molar-refractivity contribution is 0.341. The Morgan fingerprint density at radius 1 is 1.07 bits per heavy atom. The predicted octanol–water partition coefficient (Wildman–Crippen LogP) is 6.03. The lowest BCUT2D eigenvalue weighted by atomic mass is 9.94. The molecule has 0 bridgehead atoms. The van der Waals surface area contributed by atoms with Crippen LogP contribution in [0.25, 0.3) is 22.2 Å². The molecule has 0 aliphatic heterocycles. The van der Waals surface area contributed by atoms with Gasteiger partial charge in [-0.25, -0.2) is 0 Å². The van der Waals surface area contributed by atoms with Crippen molar-refractivity contribution < 1.29 is 4.74 Å². The highest BCUT2D eigenvalue weighted by Crippen LogP contribution is 2.37. The topological polar surface area (TPSA) is 51.0 Å². The maximum absolute atomic E-state index is 5.91. The Hall–Kier alpha value is -2.26. The van der Waals surface area contributed by atoms with Crippen molar-refractivity contribution in [3.63, 3.8) is 0 Å². The van der Waals surface area contributed by atoms with Gasteiger partial charge in [0, 0.05) is 16.5 Å². The van der Waals surface area contributed by atoms with Gasteiger partial charge in [0.25, 0.3) is 0 Å². The Balaban J connectivity index is 2.15. The molecule has 1 aromatic heterocycles. The molecule has 1 heterocycles. The molecule has 3 nitrogen and oxygen atoms in total. The van der Waals surface area contributed by atoms with Crippen LogP contribution >= 0.6 is 0 Å². The highest BCUT2D eigenvalue weighted by atomic mass is 16.5. The fraction of sp³-hybridized carbons (Fsp3) is 0.417. The summed E-state index contributed by atoms with van der Waals surface area (Å²) >= 11 is 0. The van der Waals surface area contributed by atoms with Crippen LogP contribution < -0.4 is 10.5 Å². The van der Waals surface area contributed by atoms with Crippen LogP contribution in [0.2, 0.25) is 0 Å². The molecule has 0 amide bonds. The van der Waals surface area contributed by atoms with Crippen molar-refractivity contribution in [3.8, 4) is 17.0 Å². The van der Waals surface area contributed by atoms with E-state index in [4.69, 9.17) is 10.5 Å². The Morgan fingerprint density at radius 3 is 2.63 bits per heavy atom. The van der Waals surface area contributed by atoms with Gasteiger partial charge in [0.1, 0.15) is 5.75 Å². The Bertz CT molecular complexity index is 881. The second-order valence-corrected chi connectivity index (χ2v) is 7.27. The lowest BCUT2D eigenvalue weighted by Crippen LogP contribution is -2.00. The number of rotatable bonds is 9. The SMILES string of the molecule is CCOc1ccccc1-c1[nH]c2ccc(C(C)CC)cc2c1CCCCN. The van der Waals surface area contributed by atoms with Crippen molar-refractivity contribution in [1.82, 2.24) is 4.98 Å². The Morgan fingerprint density at radius 2 is 1.89 bits per heavy atom. The van der Waals surface area contributed by atoms with Crippen LogP contribution in [0.15, 0.2) is 42.5 Å². The number of unbranched alkanes of at least 4 members (excludes halogenated alkanes) is 1. The zero-order valence-electron chi connectivity index (χ0n) is 16.8. The number of hydrogen-bond donors (Lipinski definition) is 2. The molecule has 3 rings (SSSR count). The third-order valence-electron chi connectivity index (χ3n) is 5.45. The highest BCUT2D eigenvalue weighted by molar-refractivity contribution is 5.92. The van der Waals surface area contributed by atoms with Crippen molar-refractivity contribution in [2.24, 2.45) is 5.73 Å². The number of para-hydroxylation sites is 1. The summed E-state index contributed by atoms with van der Waals surface area (Å²) in [6.07, 6.45) is 4.32. The molecular weight excluding hydrogens is 332 g/mol. The van der Waals surface area contributed by atoms with Crippen molar-refractivity contribution in [2.75, 3.05) is 13.2 Å². The number of benzene rings is 2. The zero-order valence-corrected chi connectivity index (χ0v) is 16.8. The van der Waals surface area contributed by atoms with Crippen LogP contribution in [0, 0.1) is 0 Å². The Labute approximate surface area is 162 Å². The minimum atomic E-state index is 0.570. The van der Waals surface area contributed by atoms with Gasteiger partial charge < -0.3 is 15.5 Å². The molecule has 3 N–H and O–H groups in total. The minimum Gasteiger partial charge on any atom is -0.493 e. The molecule has 1 atom stereocenters. The van der Waals surface area contributed by atoms with Crippen molar-refractivity contribution in [2.45, 2.75) is 52.4 Å². The molecule has 144 valence electrons. The number of aromatic nitrogens is 1. The summed E-state index contributed by atoms with van der Waals surface area (Å²) < 4.78 is 5.91. The van der Waals surface area contributed by atoms with E-state index < -0.39 is 0 Å². The van der Waals surface area contributed by atoms with E-state index in [1.165, 1.54) is 27.7 Å². The van der Waals surface area contributed by atoms with Crippen LogP contribution in [0.4, 0.5) is 0 Å². The van der Waals surface area contributed by atoms with E-state index in [2.05, 4.69) is 55.2 Å². The standard InChI is InChI=1S/C24H32N2O/c1-4-17(3)18-13-14-22-21(16-18)19(10-8-9-15-25)24(26-22)20-11-6-7-12-23(20)27-5-2/h6-7,11-14,16-17,26H,4-5,8-10,15,25H2,1-3H3. The monoisotopic (exact) mass is 364 g/mol. The number of nitrogens with one attached hydrogen (secondary N) is 1. The maximum Gasteiger partial charge on any atom is 0.128 e. The molecule has 3 heteroatoms. The Kier molecular flexibility index (Phi) is 6.57. The number of H-pyrrole nitrogens is 1. The number of aryl methyl sites for hydroxylation is 1. The first-order valence-corrected chi connectivity index (χ1v) is 10.3. The van der Waals surface area contributed by atoms with Gasteiger partial charge in [-0.05, 0) is 80.5 Å². The summed E-state index contributed by atoms with van der Waals surface area (Å²) in [5.41, 5.74) is 12.1. The molecule has 0 spiro atoms. The first kappa shape index (κ1) is 19.5. The fourth-order valence-corrected chi connectivity index (χ4v) is 3.70. The minimum absolute atomic E-state index is 0.570. The molecule has 0 saturated heterocycles. The fourth-order valence-electron chi connectivity index (χ4n) is 3.70. The van der Waals surface area contributed by atoms with E-state index in [1.807, 2.05) is 13.0 Å².